The summed E-state index contributed by atoms with van der Waals surface area (Å²) in [6, 6.07) is 15.0. The molecule has 9 rings (SSSR count). The van der Waals surface area contributed by atoms with Gasteiger partial charge in [-0.05, 0) is 48.7 Å². The minimum Gasteiger partial charge on any atom is -0.486 e. The number of aliphatic imine (C=N–C) groups is 1. The number of carbonyl (C=O) groups excluding carboxylic acids is 2. The molecule has 0 saturated carbocycles. The molecular weight excluding hydrogens is 995 g/mol. The van der Waals surface area contributed by atoms with Gasteiger partial charge in [0.2, 0.25) is 0 Å². The van der Waals surface area contributed by atoms with Crippen molar-refractivity contribution in [1.82, 2.24) is 24.8 Å². The maximum Gasteiger partial charge on any atom is 0.481 e. The number of ether oxygens (including phenoxy) is 2. The molecule has 72 heavy (non-hydrogen) atoms. The Kier molecular flexibility index (Phi) is 13.8. The van der Waals surface area contributed by atoms with Gasteiger partial charge >= 0.3 is 21.7 Å². The number of nitrogens with one attached hydrogen (secondary N) is 1. The van der Waals surface area contributed by atoms with Crippen LogP contribution >= 0.6 is 15.6 Å². The zero-order valence-corrected chi connectivity index (χ0v) is 39.7. The molecule has 1 spiro atoms. The van der Waals surface area contributed by atoms with Crippen molar-refractivity contribution in [2.24, 2.45) is 4.99 Å². The van der Waals surface area contributed by atoms with Crippen LogP contribution < -0.4 is 25.6 Å². The lowest BCUT2D eigenvalue weighted by Crippen LogP contribution is -2.74. The number of fused-ring (bicyclic) bond motifs is 3. The second-order valence-corrected chi connectivity index (χ2v) is 20.5. The van der Waals surface area contributed by atoms with Crippen molar-refractivity contribution >= 4 is 61.8 Å². The number of carbonyl (C=O) groups is 2. The van der Waals surface area contributed by atoms with E-state index in [0.717, 1.165) is 12.4 Å². The van der Waals surface area contributed by atoms with Gasteiger partial charge in [-0.25, -0.2) is 33.3 Å². The van der Waals surface area contributed by atoms with Crippen LogP contribution in [0.1, 0.15) is 40.8 Å². The van der Waals surface area contributed by atoms with Crippen LogP contribution in [0.5, 0.6) is 5.75 Å². The number of nitrogens with two attached hydrogens (primary N) is 1. The molecule has 3 aromatic carbocycles. The number of nitrogens with zero attached hydrogens (tertiary/aromatic N) is 7. The van der Waals surface area contributed by atoms with Crippen molar-refractivity contribution in [3.05, 3.63) is 101 Å². The van der Waals surface area contributed by atoms with Gasteiger partial charge in [-0.15, -0.1) is 0 Å². The second kappa shape index (κ2) is 19.5. The number of hydrogen-bond donors (Lipinski definition) is 10. The van der Waals surface area contributed by atoms with Crippen molar-refractivity contribution in [1.29, 1.82) is 0 Å². The van der Waals surface area contributed by atoms with Crippen molar-refractivity contribution < 1.29 is 86.4 Å². The molecule has 2 saturated heterocycles. The van der Waals surface area contributed by atoms with Gasteiger partial charge in [-0.1, -0.05) is 42.5 Å². The molecule has 4 aliphatic heterocycles. The molecule has 2 unspecified atom stereocenters. The highest BCUT2D eigenvalue weighted by atomic mass is 31.3. The van der Waals surface area contributed by atoms with Crippen molar-refractivity contribution in [3.8, 4) is 5.75 Å². The van der Waals surface area contributed by atoms with E-state index < -0.39 is 114 Å². The minimum atomic E-state index is -5.68. The van der Waals surface area contributed by atoms with Gasteiger partial charge in [0.1, 0.15) is 61.3 Å². The van der Waals surface area contributed by atoms with Crippen LogP contribution in [0.3, 0.4) is 0 Å². The number of hydrogen-bond acceptors (Lipinski definition) is 21. The zero-order chi connectivity index (χ0) is 51.6. The number of aliphatic hydroxyl groups excluding tert-OH is 6. The summed E-state index contributed by atoms with van der Waals surface area (Å²) in [5.41, 5.74) is 6.46. The van der Waals surface area contributed by atoms with Crippen LogP contribution in [0.15, 0.2) is 78.3 Å². The van der Waals surface area contributed by atoms with E-state index in [0.29, 0.717) is 16.7 Å². The number of benzene rings is 3. The summed E-state index contributed by atoms with van der Waals surface area (Å²) in [5.74, 6) is -3.57. The quantitative estimate of drug-likeness (QED) is 0.0579. The Morgan fingerprint density at radius 3 is 2.38 bits per heavy atom. The van der Waals surface area contributed by atoms with E-state index in [1.807, 2.05) is 0 Å². The lowest BCUT2D eigenvalue weighted by atomic mass is 9.74. The Labute approximate surface area is 406 Å². The third-order valence-corrected chi connectivity index (χ3v) is 15.5. The Hall–Kier alpha value is -5.87. The molecule has 2 aromatic heterocycles. The molecule has 3 amide bonds. The predicted molar refractivity (Wildman–Crippen MR) is 246 cm³/mol. The van der Waals surface area contributed by atoms with Gasteiger partial charge < -0.3 is 65.4 Å². The van der Waals surface area contributed by atoms with Crippen molar-refractivity contribution in [2.75, 3.05) is 35.3 Å². The number of para-hydroxylation sites is 1. The number of phosphoric ester groups is 2. The van der Waals surface area contributed by atoms with Gasteiger partial charge in [-0.3, -0.25) is 23.7 Å². The number of aromatic nitrogens is 4. The van der Waals surface area contributed by atoms with Gasteiger partial charge in [-0.2, -0.15) is 9.30 Å². The first-order valence-electron chi connectivity index (χ1n) is 22.0. The molecule has 0 aliphatic carbocycles. The van der Waals surface area contributed by atoms with E-state index in [4.69, 9.17) is 24.3 Å². The monoisotopic (exact) mass is 1040 g/mol. The van der Waals surface area contributed by atoms with E-state index >= 15 is 4.39 Å². The van der Waals surface area contributed by atoms with Crippen LogP contribution in [0.4, 0.5) is 26.4 Å². The number of phosphoric acid groups is 2. The molecule has 26 nitrogen and oxygen atoms in total. The highest BCUT2D eigenvalue weighted by Crippen LogP contribution is 2.61. The van der Waals surface area contributed by atoms with Crippen molar-refractivity contribution in [2.45, 2.75) is 87.4 Å². The number of amides is 3. The highest BCUT2D eigenvalue weighted by molar-refractivity contribution is 7.61. The first-order chi connectivity index (χ1) is 34.1. The van der Waals surface area contributed by atoms with Gasteiger partial charge in [0, 0.05) is 17.9 Å². The number of nitrogen functional groups attached to an aromatic ring is 1. The minimum absolute atomic E-state index is 0.0108. The summed E-state index contributed by atoms with van der Waals surface area (Å²) in [4.78, 5) is 67.3. The first kappa shape index (κ1) is 51.0. The third-order valence-electron chi connectivity index (χ3n) is 12.9. The van der Waals surface area contributed by atoms with E-state index in [-0.39, 0.29) is 58.5 Å². The van der Waals surface area contributed by atoms with Crippen molar-refractivity contribution in [3.63, 3.8) is 0 Å². The van der Waals surface area contributed by atoms with Gasteiger partial charge in [0.05, 0.1) is 37.5 Å². The summed E-state index contributed by atoms with van der Waals surface area (Å²) in [6.07, 6.45) is -12.3. The van der Waals surface area contributed by atoms with Crippen LogP contribution in [0.25, 0.3) is 11.2 Å². The Morgan fingerprint density at radius 1 is 0.931 bits per heavy atom. The molecule has 0 bridgehead atoms. The molecule has 384 valence electrons. The average Bonchev–Trinajstić information content (AvgIpc) is 3.99. The molecule has 0 radical (unpaired) electrons. The molecule has 5 aromatic rings. The smallest absolute Gasteiger partial charge is 0.481 e. The Balaban J connectivity index is 0.913. The normalized spacial score (nSPS) is 26.7. The number of imide groups is 1. The second-order valence-electron chi connectivity index (χ2n) is 17.4. The molecule has 4 aliphatic rings. The van der Waals surface area contributed by atoms with Gasteiger partial charge in [0.25, 0.3) is 5.91 Å². The third kappa shape index (κ3) is 9.26. The van der Waals surface area contributed by atoms with Gasteiger partial charge in [0.15, 0.2) is 40.6 Å². The maximum absolute atomic E-state index is 15.9. The maximum atomic E-state index is 15.9. The predicted octanol–water partition coefficient (Wildman–Crippen LogP) is 0.916. The van der Waals surface area contributed by atoms with Crippen LogP contribution in [0, 0.1) is 19.7 Å². The highest BCUT2D eigenvalue weighted by Gasteiger charge is 2.68. The lowest BCUT2D eigenvalue weighted by molar-refractivity contribution is -0.123. The standard InChI is InChI=1S/C43H48FN9O17P2/c1-20-11-26-27(12-21(20)2)53-31(56)13-24(23-9-6-10-25(44)36(23)66-15-22-7-4-3-5-8-22)43(53)40(49-42(61)50-41(43)60)51(26)14-28(54)33(57)29(55)16-67-71(62,63)70-72(64,65)68-17-30-34(58)35(59)39(69-30)52-19-48-32-37(45)46-18-47-38(32)52/h3-12,18-19,24,28-31,33-35,39,54-59H,13-17H2,1-2H3,(H,62,63)(H,64,65)(H2,45,46,47)(H,50,60,61)/t24-,28+,29-,30-,31-,33+,34-,35-,39-,43+/m1/s1. The fourth-order valence-electron chi connectivity index (χ4n) is 9.39. The Morgan fingerprint density at radius 2 is 1.64 bits per heavy atom. The number of anilines is 3. The zero-order valence-electron chi connectivity index (χ0n) is 37.9. The largest absolute Gasteiger partial charge is 0.486 e. The molecule has 2 fully saturated rings. The lowest BCUT2D eigenvalue weighted by Gasteiger charge is -2.52. The summed E-state index contributed by atoms with van der Waals surface area (Å²) in [6.45, 7) is 0.323. The number of aryl methyl sites for hydroxylation is 2. The summed E-state index contributed by atoms with van der Waals surface area (Å²) >= 11 is 0. The molecular formula is C43H48FN9O17P2. The number of aliphatic hydroxyl groups is 6. The molecule has 11 N–H and O–H groups in total. The number of imidazole rings is 1. The van der Waals surface area contributed by atoms with E-state index in [1.165, 1.54) is 32.8 Å². The fourth-order valence-corrected chi connectivity index (χ4v) is 11.5. The molecule has 12 atom stereocenters. The molecule has 6 heterocycles. The fraction of sp³-hybridized carbons (Fsp3) is 0.395. The summed E-state index contributed by atoms with van der Waals surface area (Å²) in [5, 5.41) is 69.3. The summed E-state index contributed by atoms with van der Waals surface area (Å²) < 4.78 is 68.4. The SMILES string of the molecule is Cc1cc2c(cc1C)N1[C@H](O)C[C@H](c3cccc(F)c3OCc3ccccc3)[C@]13C(=O)NC(=O)N=C3N2C[C@H](O)[C@H](O)[C@H](O)COP(=O)(O)OP(=O)(O)OC[C@H]1O[C@@H](n2cnc3c(N)ncnc32)[C@H](O)[C@@H]1O. The average molecular weight is 1040 g/mol. The topological polar surface area (TPSA) is 377 Å². The number of urea groups is 1. The number of amidine groups is 1. The van der Waals surface area contributed by atoms with Crippen LogP contribution in [-0.2, 0) is 38.6 Å². The Bertz CT molecular complexity index is 3050. The van der Waals surface area contributed by atoms with E-state index in [9.17, 15) is 59.1 Å². The van der Waals surface area contributed by atoms with E-state index in [2.05, 4.69) is 29.6 Å². The van der Waals surface area contributed by atoms with Crippen LogP contribution in [-0.4, -0.2) is 146 Å². The summed E-state index contributed by atoms with van der Waals surface area (Å²) in [7, 11) is -11.3. The van der Waals surface area contributed by atoms with Crippen LogP contribution in [0.2, 0.25) is 0 Å². The number of halogens is 1. The first-order valence-corrected chi connectivity index (χ1v) is 25.0. The number of β-amino-alcohol motifs (C(OH)–C–C–N with tert-alkyl or cyclic N) is 1. The number of rotatable bonds is 17. The molecule has 29 heteroatoms. The van der Waals surface area contributed by atoms with E-state index in [1.54, 1.807) is 56.3 Å².